The fourth-order valence-electron chi connectivity index (χ4n) is 2.48. The van der Waals surface area contributed by atoms with Crippen LogP contribution in [0, 0.1) is 0 Å². The van der Waals surface area contributed by atoms with Crippen molar-refractivity contribution in [2.75, 3.05) is 0 Å². The van der Waals surface area contributed by atoms with Crippen molar-refractivity contribution in [3.05, 3.63) is 35.4 Å². The monoisotopic (exact) mass is 297 g/mol. The van der Waals surface area contributed by atoms with Gasteiger partial charge in [-0.1, -0.05) is 31.4 Å². The molecule has 1 aliphatic rings. The molecule has 2 N–H and O–H groups in total. The highest BCUT2D eigenvalue weighted by Gasteiger charge is 2.20. The Hall–Kier alpha value is -1.40. The van der Waals surface area contributed by atoms with Crippen molar-refractivity contribution in [1.82, 2.24) is 4.72 Å². The van der Waals surface area contributed by atoms with Gasteiger partial charge in [-0.25, -0.2) is 17.9 Å². The zero-order valence-corrected chi connectivity index (χ0v) is 12.0. The number of carboxylic acid groups (broad SMARTS) is 1. The maximum absolute atomic E-state index is 12.1. The molecule has 0 atom stereocenters. The zero-order chi connectivity index (χ0) is 14.6. The lowest BCUT2D eigenvalue weighted by molar-refractivity contribution is 0.0697. The molecule has 0 heterocycles. The molecule has 1 aromatic rings. The van der Waals surface area contributed by atoms with E-state index in [9.17, 15) is 13.2 Å². The van der Waals surface area contributed by atoms with Gasteiger partial charge in [-0.2, -0.15) is 0 Å². The van der Waals surface area contributed by atoms with E-state index in [1.165, 1.54) is 18.6 Å². The summed E-state index contributed by atoms with van der Waals surface area (Å²) in [6, 6.07) is 5.99. The molecule has 20 heavy (non-hydrogen) atoms. The molecule has 1 aromatic carbocycles. The number of aromatic carboxylic acids is 1. The van der Waals surface area contributed by atoms with Gasteiger partial charge in [-0.05, 0) is 30.5 Å². The second-order valence-electron chi connectivity index (χ2n) is 5.21. The highest BCUT2D eigenvalue weighted by molar-refractivity contribution is 7.88. The van der Waals surface area contributed by atoms with Crippen molar-refractivity contribution in [3.8, 4) is 0 Å². The first-order valence-electron chi connectivity index (χ1n) is 6.78. The SMILES string of the molecule is O=C(O)c1ccc(CS(=O)(=O)NC2CCCCC2)cc1. The molecule has 1 fully saturated rings. The van der Waals surface area contributed by atoms with Crippen molar-refractivity contribution < 1.29 is 18.3 Å². The summed E-state index contributed by atoms with van der Waals surface area (Å²) < 4.78 is 26.9. The average Bonchev–Trinajstić information content (AvgIpc) is 2.39. The van der Waals surface area contributed by atoms with E-state index in [0.717, 1.165) is 25.7 Å². The van der Waals surface area contributed by atoms with Crippen LogP contribution in [0.3, 0.4) is 0 Å². The summed E-state index contributed by atoms with van der Waals surface area (Å²) in [5, 5.41) is 8.79. The zero-order valence-electron chi connectivity index (χ0n) is 11.2. The largest absolute Gasteiger partial charge is 0.478 e. The van der Waals surface area contributed by atoms with Gasteiger partial charge in [-0.3, -0.25) is 0 Å². The number of rotatable bonds is 5. The van der Waals surface area contributed by atoms with Crippen molar-refractivity contribution in [3.63, 3.8) is 0 Å². The number of carbonyl (C=O) groups is 1. The maximum atomic E-state index is 12.1. The van der Waals surface area contributed by atoms with Crippen LogP contribution >= 0.6 is 0 Å². The van der Waals surface area contributed by atoms with Crippen molar-refractivity contribution in [2.24, 2.45) is 0 Å². The molecule has 110 valence electrons. The van der Waals surface area contributed by atoms with Crippen LogP contribution in [0.1, 0.15) is 48.0 Å². The normalized spacial score (nSPS) is 17.0. The van der Waals surface area contributed by atoms with E-state index in [2.05, 4.69) is 4.72 Å². The Kier molecular flexibility index (Phi) is 4.77. The maximum Gasteiger partial charge on any atom is 0.335 e. The Morgan fingerprint density at radius 3 is 2.30 bits per heavy atom. The van der Waals surface area contributed by atoms with Crippen molar-refractivity contribution >= 4 is 16.0 Å². The van der Waals surface area contributed by atoms with Gasteiger partial charge >= 0.3 is 5.97 Å². The third-order valence-electron chi connectivity index (χ3n) is 3.51. The predicted molar refractivity (Wildman–Crippen MR) is 76.0 cm³/mol. The van der Waals surface area contributed by atoms with Gasteiger partial charge in [0.25, 0.3) is 0 Å². The minimum Gasteiger partial charge on any atom is -0.478 e. The highest BCUT2D eigenvalue weighted by Crippen LogP contribution is 2.19. The van der Waals surface area contributed by atoms with Crippen LogP contribution in [0.5, 0.6) is 0 Å². The number of carboxylic acids is 1. The molecule has 0 radical (unpaired) electrons. The van der Waals surface area contributed by atoms with Crippen LogP contribution in [0.15, 0.2) is 24.3 Å². The summed E-state index contributed by atoms with van der Waals surface area (Å²) in [6.07, 6.45) is 5.12. The lowest BCUT2D eigenvalue weighted by Crippen LogP contribution is -2.36. The van der Waals surface area contributed by atoms with Crippen LogP contribution in [0.4, 0.5) is 0 Å². The van der Waals surface area contributed by atoms with Crippen LogP contribution in [-0.2, 0) is 15.8 Å². The summed E-state index contributed by atoms with van der Waals surface area (Å²) in [7, 11) is -3.36. The summed E-state index contributed by atoms with van der Waals surface area (Å²) in [5.74, 6) is -1.12. The van der Waals surface area contributed by atoms with E-state index >= 15 is 0 Å². The molecule has 1 saturated carbocycles. The van der Waals surface area contributed by atoms with Crippen molar-refractivity contribution in [2.45, 2.75) is 43.9 Å². The van der Waals surface area contributed by atoms with Crippen LogP contribution in [-0.4, -0.2) is 25.5 Å². The number of nitrogens with one attached hydrogen (secondary N) is 1. The quantitative estimate of drug-likeness (QED) is 0.872. The van der Waals surface area contributed by atoms with Gasteiger partial charge in [0, 0.05) is 6.04 Å². The Morgan fingerprint density at radius 1 is 1.15 bits per heavy atom. The Bertz CT molecular complexity index is 559. The molecule has 0 unspecified atom stereocenters. The molecule has 1 aliphatic carbocycles. The molecule has 5 nitrogen and oxygen atoms in total. The van der Waals surface area contributed by atoms with Gasteiger partial charge in [0.15, 0.2) is 0 Å². The Balaban J connectivity index is 1.98. The molecule has 2 rings (SSSR count). The molecule has 0 bridgehead atoms. The number of benzene rings is 1. The molecular formula is C14H19NO4S. The summed E-state index contributed by atoms with van der Waals surface area (Å²) in [5.41, 5.74) is 0.754. The standard InChI is InChI=1S/C14H19NO4S/c16-14(17)12-8-6-11(7-9-12)10-20(18,19)15-13-4-2-1-3-5-13/h6-9,13,15H,1-5,10H2,(H,16,17). The molecular weight excluding hydrogens is 278 g/mol. The number of sulfonamides is 1. The first-order valence-corrected chi connectivity index (χ1v) is 8.44. The van der Waals surface area contributed by atoms with Crippen LogP contribution < -0.4 is 4.72 Å². The molecule has 0 aromatic heterocycles. The molecule has 0 saturated heterocycles. The van der Waals surface area contributed by atoms with Gasteiger partial charge < -0.3 is 5.11 Å². The molecule has 0 spiro atoms. The van der Waals surface area contributed by atoms with Crippen molar-refractivity contribution in [1.29, 1.82) is 0 Å². The average molecular weight is 297 g/mol. The Morgan fingerprint density at radius 2 is 1.75 bits per heavy atom. The molecule has 0 aliphatic heterocycles. The second kappa shape index (κ2) is 6.37. The first kappa shape index (κ1) is 15.0. The summed E-state index contributed by atoms with van der Waals surface area (Å²) in [4.78, 5) is 10.7. The second-order valence-corrected chi connectivity index (χ2v) is 6.97. The van der Waals surface area contributed by atoms with E-state index in [1.54, 1.807) is 12.1 Å². The van der Waals surface area contributed by atoms with E-state index < -0.39 is 16.0 Å². The lowest BCUT2D eigenvalue weighted by atomic mass is 9.96. The van der Waals surface area contributed by atoms with Crippen LogP contribution in [0.25, 0.3) is 0 Å². The minimum absolute atomic E-state index is 0.0482. The van der Waals surface area contributed by atoms with Crippen LogP contribution in [0.2, 0.25) is 0 Å². The smallest absolute Gasteiger partial charge is 0.335 e. The van der Waals surface area contributed by atoms with Gasteiger partial charge in [0.2, 0.25) is 10.0 Å². The third kappa shape index (κ3) is 4.31. The summed E-state index contributed by atoms with van der Waals surface area (Å²) in [6.45, 7) is 0. The molecule has 0 amide bonds. The number of hydrogen-bond donors (Lipinski definition) is 2. The highest BCUT2D eigenvalue weighted by atomic mass is 32.2. The number of hydrogen-bond acceptors (Lipinski definition) is 3. The topological polar surface area (TPSA) is 83.5 Å². The van der Waals surface area contributed by atoms with E-state index in [1.807, 2.05) is 0 Å². The van der Waals surface area contributed by atoms with E-state index in [0.29, 0.717) is 5.56 Å². The lowest BCUT2D eigenvalue weighted by Gasteiger charge is -2.22. The van der Waals surface area contributed by atoms with E-state index in [-0.39, 0.29) is 17.4 Å². The third-order valence-corrected chi connectivity index (χ3v) is 4.91. The first-order chi connectivity index (χ1) is 9.46. The van der Waals surface area contributed by atoms with Gasteiger partial charge in [-0.15, -0.1) is 0 Å². The Labute approximate surface area is 119 Å². The fraction of sp³-hybridized carbons (Fsp3) is 0.500. The van der Waals surface area contributed by atoms with E-state index in [4.69, 9.17) is 5.11 Å². The summed E-state index contributed by atoms with van der Waals surface area (Å²) >= 11 is 0. The van der Waals surface area contributed by atoms with Gasteiger partial charge in [0.1, 0.15) is 0 Å². The predicted octanol–water partition coefficient (Wildman–Crippen LogP) is 2.14. The minimum atomic E-state index is -3.36. The molecule has 6 heteroatoms. The fourth-order valence-corrected chi connectivity index (χ4v) is 3.94. The van der Waals surface area contributed by atoms with Gasteiger partial charge in [0.05, 0.1) is 11.3 Å².